The van der Waals surface area contributed by atoms with Crippen molar-refractivity contribution in [3.63, 3.8) is 0 Å². The number of fused-ring (bicyclic) bond motifs is 2. The fourth-order valence-electron chi connectivity index (χ4n) is 6.26. The molecule has 0 spiro atoms. The molecule has 1 aliphatic carbocycles. The fraction of sp³-hybridized carbons (Fsp3) is 0.593. The van der Waals surface area contributed by atoms with Crippen LogP contribution in [0.4, 0.5) is 10.1 Å². The number of aromatic nitrogens is 1. The van der Waals surface area contributed by atoms with Crippen LogP contribution in [-0.2, 0) is 14.3 Å². The number of carbonyl (C=O) groups is 2. The Hall–Kier alpha value is -3.30. The Morgan fingerprint density at radius 3 is 2.54 bits per heavy atom. The van der Waals surface area contributed by atoms with Gasteiger partial charge in [0.15, 0.2) is 17.7 Å². The average Bonchev–Trinajstić information content (AvgIpc) is 3.70. The molecule has 41 heavy (non-hydrogen) atoms. The standard InChI is InChI=1S/C27H32FN3O10/c1-39-23-17-13(7-15(28)18(23)30-8-11-3-2-6-29-16(11)10-30)19(32)14(9-31(17)12-4-5-12)26(38)41-27-22(35)20(33)21(34)24(40-27)25(36)37/h7,9,11-12,16,20-22,24,27,29,33-35H,2-6,8,10H2,1H3,(H,36,37)/t11-,16+,20+,21+,22+,24-,27+/m0/s1. The van der Waals surface area contributed by atoms with Crippen LogP contribution in [0.25, 0.3) is 10.9 Å². The number of benzene rings is 1. The topological polar surface area (TPSA) is 180 Å². The van der Waals surface area contributed by atoms with Crippen LogP contribution in [0.2, 0.25) is 0 Å². The second-order valence-electron chi connectivity index (χ2n) is 11.2. The lowest BCUT2D eigenvalue weighted by Gasteiger charge is -2.37. The van der Waals surface area contributed by atoms with Crippen LogP contribution in [0.1, 0.15) is 42.1 Å². The van der Waals surface area contributed by atoms with E-state index in [0.29, 0.717) is 24.5 Å². The van der Waals surface area contributed by atoms with Crippen molar-refractivity contribution in [3.8, 4) is 5.75 Å². The number of carbonyl (C=O) groups excluding carboxylic acids is 1. The molecule has 1 saturated carbocycles. The highest BCUT2D eigenvalue weighted by Gasteiger charge is 2.49. The summed E-state index contributed by atoms with van der Waals surface area (Å²) in [5.41, 5.74) is -0.762. The van der Waals surface area contributed by atoms with Gasteiger partial charge in [0.25, 0.3) is 0 Å². The number of ether oxygens (including phenoxy) is 3. The zero-order valence-corrected chi connectivity index (χ0v) is 22.2. The Bertz CT molecular complexity index is 1430. The first-order valence-corrected chi connectivity index (χ1v) is 13.7. The first kappa shape index (κ1) is 27.8. The van der Waals surface area contributed by atoms with Gasteiger partial charge in [-0.15, -0.1) is 0 Å². The van der Waals surface area contributed by atoms with Gasteiger partial charge in [-0.3, -0.25) is 4.79 Å². The summed E-state index contributed by atoms with van der Waals surface area (Å²) in [6, 6.07) is 1.22. The zero-order valence-electron chi connectivity index (χ0n) is 22.2. The van der Waals surface area contributed by atoms with Crippen LogP contribution in [0.15, 0.2) is 17.1 Å². The molecule has 1 aromatic carbocycles. The van der Waals surface area contributed by atoms with Gasteiger partial charge in [0.1, 0.15) is 29.6 Å². The lowest BCUT2D eigenvalue weighted by molar-refractivity contribution is -0.278. The van der Waals surface area contributed by atoms with Crippen LogP contribution in [0, 0.1) is 11.7 Å². The molecule has 7 atom stereocenters. The largest absolute Gasteiger partial charge is 0.492 e. The number of methoxy groups -OCH3 is 1. The van der Waals surface area contributed by atoms with Gasteiger partial charge in [-0.1, -0.05) is 0 Å². The highest BCUT2D eigenvalue weighted by molar-refractivity contribution is 5.98. The van der Waals surface area contributed by atoms with Gasteiger partial charge < -0.3 is 49.4 Å². The average molecular weight is 578 g/mol. The van der Waals surface area contributed by atoms with Crippen molar-refractivity contribution in [1.82, 2.24) is 9.88 Å². The van der Waals surface area contributed by atoms with Crippen molar-refractivity contribution in [3.05, 3.63) is 33.9 Å². The number of hydrogen-bond donors (Lipinski definition) is 5. The molecule has 4 fully saturated rings. The summed E-state index contributed by atoms with van der Waals surface area (Å²) < 4.78 is 33.4. The van der Waals surface area contributed by atoms with Crippen LogP contribution >= 0.6 is 0 Å². The van der Waals surface area contributed by atoms with Crippen molar-refractivity contribution < 1.29 is 48.6 Å². The molecule has 0 bridgehead atoms. The Kier molecular flexibility index (Phi) is 7.14. The molecule has 14 heteroatoms. The van der Waals surface area contributed by atoms with E-state index in [0.717, 1.165) is 38.3 Å². The second-order valence-corrected chi connectivity index (χ2v) is 11.2. The van der Waals surface area contributed by atoms with Gasteiger partial charge in [0, 0.05) is 31.4 Å². The molecule has 3 saturated heterocycles. The molecule has 5 N–H and O–H groups in total. The maximum absolute atomic E-state index is 15.8. The number of carboxylic acid groups (broad SMARTS) is 1. The Morgan fingerprint density at radius 1 is 1.12 bits per heavy atom. The lowest BCUT2D eigenvalue weighted by Crippen LogP contribution is -2.60. The molecule has 6 rings (SSSR count). The first-order chi connectivity index (χ1) is 19.6. The van der Waals surface area contributed by atoms with Crippen molar-refractivity contribution in [2.45, 2.75) is 68.5 Å². The molecule has 3 aliphatic heterocycles. The van der Waals surface area contributed by atoms with E-state index in [4.69, 9.17) is 14.2 Å². The molecule has 4 aliphatic rings. The minimum Gasteiger partial charge on any atom is -0.492 e. The minimum atomic E-state index is -2.00. The molecule has 13 nitrogen and oxygen atoms in total. The maximum atomic E-state index is 15.8. The number of aliphatic hydroxyl groups excluding tert-OH is 3. The first-order valence-electron chi connectivity index (χ1n) is 13.7. The molecule has 2 aromatic rings. The number of pyridine rings is 1. The number of carboxylic acids is 1. The number of aliphatic carboxylic acids is 1. The van der Waals surface area contributed by atoms with Crippen LogP contribution in [-0.4, -0.2) is 100 Å². The van der Waals surface area contributed by atoms with Gasteiger partial charge >= 0.3 is 11.9 Å². The number of nitrogens with zero attached hydrogens (tertiary/aromatic N) is 2. The lowest BCUT2D eigenvalue weighted by atomic mass is 9.94. The number of anilines is 1. The predicted molar refractivity (Wildman–Crippen MR) is 139 cm³/mol. The zero-order chi connectivity index (χ0) is 29.2. The molecule has 4 heterocycles. The van der Waals surface area contributed by atoms with Gasteiger partial charge in [0.2, 0.25) is 11.7 Å². The highest BCUT2D eigenvalue weighted by atomic mass is 19.1. The summed E-state index contributed by atoms with van der Waals surface area (Å²) in [5, 5.41) is 42.8. The summed E-state index contributed by atoms with van der Waals surface area (Å²) in [6.07, 6.45) is -5.10. The van der Waals surface area contributed by atoms with E-state index in [-0.39, 0.29) is 28.9 Å². The van der Waals surface area contributed by atoms with Crippen molar-refractivity contribution in [2.75, 3.05) is 31.6 Å². The number of esters is 1. The maximum Gasteiger partial charge on any atom is 0.346 e. The number of piperidine rings is 1. The van der Waals surface area contributed by atoms with E-state index in [9.17, 15) is 34.8 Å². The quantitative estimate of drug-likeness (QED) is 0.284. The van der Waals surface area contributed by atoms with Crippen molar-refractivity contribution in [1.29, 1.82) is 0 Å². The molecular formula is C27H32FN3O10. The summed E-state index contributed by atoms with van der Waals surface area (Å²) >= 11 is 0. The van der Waals surface area contributed by atoms with E-state index < -0.39 is 59.5 Å². The molecule has 0 radical (unpaired) electrons. The summed E-state index contributed by atoms with van der Waals surface area (Å²) in [6.45, 7) is 2.13. The molecule has 0 unspecified atom stereocenters. The normalized spacial score (nSPS) is 31.6. The minimum absolute atomic E-state index is 0.0930. The molecular weight excluding hydrogens is 545 g/mol. The SMILES string of the molecule is COc1c(N2C[C@@H]3CCCN[C@@H]3C2)c(F)cc2c(=O)c(C(=O)O[C@H]3O[C@H](C(=O)O)[C@H](O)[C@@H](O)[C@H]3O)cn(C3CC3)c12. The second kappa shape index (κ2) is 10.5. The highest BCUT2D eigenvalue weighted by Crippen LogP contribution is 2.45. The van der Waals surface area contributed by atoms with Crippen LogP contribution in [0.3, 0.4) is 0 Å². The monoisotopic (exact) mass is 577 g/mol. The van der Waals surface area contributed by atoms with E-state index in [2.05, 4.69) is 5.32 Å². The number of aliphatic hydroxyl groups is 3. The number of hydrogen-bond acceptors (Lipinski definition) is 11. The van der Waals surface area contributed by atoms with Crippen molar-refractivity contribution in [2.24, 2.45) is 5.92 Å². The summed E-state index contributed by atoms with van der Waals surface area (Å²) in [7, 11) is 1.41. The van der Waals surface area contributed by atoms with Crippen LogP contribution < -0.4 is 20.4 Å². The van der Waals surface area contributed by atoms with Gasteiger partial charge in [-0.25, -0.2) is 14.0 Å². The summed E-state index contributed by atoms with van der Waals surface area (Å²) in [4.78, 5) is 40.1. The van der Waals surface area contributed by atoms with Gasteiger partial charge in [-0.2, -0.15) is 0 Å². The van der Waals surface area contributed by atoms with Crippen LogP contribution in [0.5, 0.6) is 5.75 Å². The third kappa shape index (κ3) is 4.73. The van der Waals surface area contributed by atoms with Gasteiger partial charge in [-0.05, 0) is 44.2 Å². The number of rotatable bonds is 6. The molecule has 222 valence electrons. The third-order valence-corrected chi connectivity index (χ3v) is 8.51. The summed E-state index contributed by atoms with van der Waals surface area (Å²) in [5.74, 6) is -3.05. The smallest absolute Gasteiger partial charge is 0.346 e. The van der Waals surface area contributed by atoms with Crippen molar-refractivity contribution >= 4 is 28.5 Å². The van der Waals surface area contributed by atoms with E-state index in [1.54, 1.807) is 4.57 Å². The number of halogens is 1. The Balaban J connectivity index is 1.39. The molecule has 1 aromatic heterocycles. The van der Waals surface area contributed by atoms with Gasteiger partial charge in [0.05, 0.1) is 18.0 Å². The Labute approximate surface area is 233 Å². The number of nitrogens with one attached hydrogen (secondary N) is 1. The fourth-order valence-corrected chi connectivity index (χ4v) is 6.26. The van der Waals surface area contributed by atoms with E-state index >= 15 is 4.39 Å². The van der Waals surface area contributed by atoms with E-state index in [1.807, 2.05) is 4.90 Å². The Morgan fingerprint density at radius 2 is 1.88 bits per heavy atom. The predicted octanol–water partition coefficient (Wildman–Crippen LogP) is -0.279. The van der Waals surface area contributed by atoms with E-state index in [1.165, 1.54) is 13.3 Å². The third-order valence-electron chi connectivity index (χ3n) is 8.51. The molecule has 0 amide bonds.